The quantitative estimate of drug-likeness (QED) is 0.713. The van der Waals surface area contributed by atoms with Crippen molar-refractivity contribution in [3.05, 3.63) is 23.7 Å². The fraction of sp³-hybridized carbons (Fsp3) is 0.556. The number of furan rings is 1. The lowest BCUT2D eigenvalue weighted by molar-refractivity contribution is 0.229. The largest absolute Gasteiger partial charge is 0.464 e. The summed E-state index contributed by atoms with van der Waals surface area (Å²) in [5.41, 5.74) is 5.36. The molecule has 0 aliphatic carbocycles. The highest BCUT2D eigenvalue weighted by atomic mass is 16.3. The standard InChI is InChI=1S/C9H15NO2/c1-7-3-4-8(12-7)9(2,10)5-6-11/h3-4,11H,5-6,10H2,1-2H3/t9-/m1/s1. The average Bonchev–Trinajstić information content (AvgIpc) is 2.36. The van der Waals surface area contributed by atoms with E-state index in [2.05, 4.69) is 0 Å². The molecule has 0 aliphatic rings. The highest BCUT2D eigenvalue weighted by Gasteiger charge is 2.23. The number of hydrogen-bond donors (Lipinski definition) is 2. The Morgan fingerprint density at radius 1 is 1.58 bits per heavy atom. The number of rotatable bonds is 3. The Kier molecular flexibility index (Phi) is 2.55. The molecule has 3 N–H and O–H groups in total. The van der Waals surface area contributed by atoms with Crippen LogP contribution in [0, 0.1) is 6.92 Å². The number of aliphatic hydroxyl groups is 1. The molecule has 1 aromatic rings. The van der Waals surface area contributed by atoms with Crippen LogP contribution in [0.1, 0.15) is 24.9 Å². The fourth-order valence-corrected chi connectivity index (χ4v) is 1.10. The van der Waals surface area contributed by atoms with Crippen molar-refractivity contribution < 1.29 is 9.52 Å². The van der Waals surface area contributed by atoms with Gasteiger partial charge >= 0.3 is 0 Å². The zero-order chi connectivity index (χ0) is 9.19. The second-order valence-corrected chi connectivity index (χ2v) is 3.30. The summed E-state index contributed by atoms with van der Waals surface area (Å²) >= 11 is 0. The molecule has 68 valence electrons. The first-order chi connectivity index (χ1) is 5.56. The molecular weight excluding hydrogens is 154 g/mol. The monoisotopic (exact) mass is 169 g/mol. The molecule has 1 atom stereocenters. The zero-order valence-electron chi connectivity index (χ0n) is 7.50. The van der Waals surface area contributed by atoms with Gasteiger partial charge in [-0.1, -0.05) is 0 Å². The summed E-state index contributed by atoms with van der Waals surface area (Å²) < 4.78 is 5.36. The van der Waals surface area contributed by atoms with E-state index in [9.17, 15) is 0 Å². The van der Waals surface area contributed by atoms with Crippen LogP contribution in [0.15, 0.2) is 16.5 Å². The van der Waals surface area contributed by atoms with E-state index in [1.54, 1.807) is 0 Å². The van der Waals surface area contributed by atoms with Gasteiger partial charge in [0.25, 0.3) is 0 Å². The van der Waals surface area contributed by atoms with Gasteiger partial charge in [0.15, 0.2) is 0 Å². The third kappa shape index (κ3) is 1.87. The van der Waals surface area contributed by atoms with Crippen molar-refractivity contribution >= 4 is 0 Å². The summed E-state index contributed by atoms with van der Waals surface area (Å²) in [6, 6.07) is 3.73. The highest BCUT2D eigenvalue weighted by Crippen LogP contribution is 2.22. The Morgan fingerprint density at radius 2 is 2.25 bits per heavy atom. The van der Waals surface area contributed by atoms with Crippen molar-refractivity contribution in [1.29, 1.82) is 0 Å². The van der Waals surface area contributed by atoms with Gasteiger partial charge in [0, 0.05) is 6.61 Å². The molecule has 0 radical (unpaired) electrons. The average molecular weight is 169 g/mol. The van der Waals surface area contributed by atoms with Crippen LogP contribution in [0.5, 0.6) is 0 Å². The van der Waals surface area contributed by atoms with Crippen molar-refractivity contribution in [2.75, 3.05) is 6.61 Å². The molecule has 0 aliphatic heterocycles. The highest BCUT2D eigenvalue weighted by molar-refractivity contribution is 5.13. The second-order valence-electron chi connectivity index (χ2n) is 3.30. The van der Waals surface area contributed by atoms with E-state index in [0.717, 1.165) is 11.5 Å². The van der Waals surface area contributed by atoms with Crippen LogP contribution in [0.3, 0.4) is 0 Å². The van der Waals surface area contributed by atoms with Gasteiger partial charge in [-0.25, -0.2) is 0 Å². The van der Waals surface area contributed by atoms with Crippen LogP contribution in [0.2, 0.25) is 0 Å². The minimum atomic E-state index is -0.553. The van der Waals surface area contributed by atoms with Gasteiger partial charge in [-0.05, 0) is 32.4 Å². The summed E-state index contributed by atoms with van der Waals surface area (Å²) in [5, 5.41) is 8.75. The Morgan fingerprint density at radius 3 is 2.67 bits per heavy atom. The van der Waals surface area contributed by atoms with Crippen LogP contribution in [0.25, 0.3) is 0 Å². The molecule has 0 saturated heterocycles. The lowest BCUT2D eigenvalue weighted by atomic mass is 9.97. The maximum atomic E-state index is 8.75. The first kappa shape index (κ1) is 9.29. The van der Waals surface area contributed by atoms with E-state index in [0.29, 0.717) is 6.42 Å². The molecule has 1 rings (SSSR count). The van der Waals surface area contributed by atoms with Crippen LogP contribution >= 0.6 is 0 Å². The Bertz CT molecular complexity index is 253. The number of aliphatic hydroxyl groups excluding tert-OH is 1. The normalized spacial score (nSPS) is 16.0. The van der Waals surface area contributed by atoms with E-state index < -0.39 is 5.54 Å². The van der Waals surface area contributed by atoms with Gasteiger partial charge in [-0.2, -0.15) is 0 Å². The molecule has 0 amide bonds. The Hall–Kier alpha value is -0.800. The number of hydrogen-bond acceptors (Lipinski definition) is 3. The third-order valence-electron chi connectivity index (χ3n) is 1.93. The molecule has 12 heavy (non-hydrogen) atoms. The van der Waals surface area contributed by atoms with Crippen LogP contribution in [-0.2, 0) is 5.54 Å². The minimum Gasteiger partial charge on any atom is -0.464 e. The lowest BCUT2D eigenvalue weighted by Crippen LogP contribution is -2.33. The van der Waals surface area contributed by atoms with Gasteiger partial charge in [-0.15, -0.1) is 0 Å². The van der Waals surface area contributed by atoms with E-state index in [-0.39, 0.29) is 6.61 Å². The van der Waals surface area contributed by atoms with Crippen molar-refractivity contribution in [1.82, 2.24) is 0 Å². The predicted octanol–water partition coefficient (Wildman–Crippen LogP) is 1.14. The first-order valence-electron chi connectivity index (χ1n) is 4.03. The number of aryl methyl sites for hydroxylation is 1. The zero-order valence-corrected chi connectivity index (χ0v) is 7.50. The molecule has 1 heterocycles. The third-order valence-corrected chi connectivity index (χ3v) is 1.93. The van der Waals surface area contributed by atoms with Gasteiger partial charge in [0.05, 0.1) is 5.54 Å². The molecule has 0 unspecified atom stereocenters. The molecule has 0 saturated carbocycles. The van der Waals surface area contributed by atoms with Crippen LogP contribution < -0.4 is 5.73 Å². The molecular formula is C9H15NO2. The molecule has 3 heteroatoms. The Labute approximate surface area is 72.2 Å². The van der Waals surface area contributed by atoms with Gasteiger partial charge in [0.2, 0.25) is 0 Å². The second kappa shape index (κ2) is 3.29. The summed E-state index contributed by atoms with van der Waals surface area (Å²) in [6.07, 6.45) is 0.514. The molecule has 1 aromatic heterocycles. The van der Waals surface area contributed by atoms with E-state index in [4.69, 9.17) is 15.3 Å². The summed E-state index contributed by atoms with van der Waals surface area (Å²) in [6.45, 7) is 3.80. The first-order valence-corrected chi connectivity index (χ1v) is 4.03. The van der Waals surface area contributed by atoms with E-state index >= 15 is 0 Å². The molecule has 0 fully saturated rings. The van der Waals surface area contributed by atoms with Crippen molar-refractivity contribution in [2.45, 2.75) is 25.8 Å². The molecule has 0 aromatic carbocycles. The van der Waals surface area contributed by atoms with Crippen LogP contribution in [0.4, 0.5) is 0 Å². The van der Waals surface area contributed by atoms with Crippen molar-refractivity contribution in [2.24, 2.45) is 5.73 Å². The van der Waals surface area contributed by atoms with Crippen molar-refractivity contribution in [3.63, 3.8) is 0 Å². The smallest absolute Gasteiger partial charge is 0.123 e. The van der Waals surface area contributed by atoms with Crippen molar-refractivity contribution in [3.8, 4) is 0 Å². The van der Waals surface area contributed by atoms with Gasteiger partial charge in [-0.3, -0.25) is 0 Å². The Balaban J connectivity index is 2.81. The molecule has 3 nitrogen and oxygen atoms in total. The topological polar surface area (TPSA) is 59.4 Å². The summed E-state index contributed by atoms with van der Waals surface area (Å²) in [4.78, 5) is 0. The maximum Gasteiger partial charge on any atom is 0.123 e. The summed E-state index contributed by atoms with van der Waals surface area (Å²) in [7, 11) is 0. The number of nitrogens with two attached hydrogens (primary N) is 1. The van der Waals surface area contributed by atoms with E-state index in [1.165, 1.54) is 0 Å². The van der Waals surface area contributed by atoms with E-state index in [1.807, 2.05) is 26.0 Å². The lowest BCUT2D eigenvalue weighted by Gasteiger charge is -2.20. The fourth-order valence-electron chi connectivity index (χ4n) is 1.10. The van der Waals surface area contributed by atoms with Gasteiger partial charge < -0.3 is 15.3 Å². The molecule has 0 spiro atoms. The summed E-state index contributed by atoms with van der Waals surface area (Å²) in [5.74, 6) is 1.58. The SMILES string of the molecule is Cc1ccc([C@](C)(N)CCO)o1. The van der Waals surface area contributed by atoms with Gasteiger partial charge in [0.1, 0.15) is 11.5 Å². The predicted molar refractivity (Wildman–Crippen MR) is 46.7 cm³/mol. The maximum absolute atomic E-state index is 8.75. The molecule has 0 bridgehead atoms. The minimum absolute atomic E-state index is 0.0761. The van der Waals surface area contributed by atoms with Crippen LogP contribution in [-0.4, -0.2) is 11.7 Å².